The second-order valence-electron chi connectivity index (χ2n) is 4.15. The van der Waals surface area contributed by atoms with Crippen LogP contribution in [-0.2, 0) is 6.61 Å². The van der Waals surface area contributed by atoms with Crippen molar-refractivity contribution in [3.63, 3.8) is 0 Å². The molecule has 0 radical (unpaired) electrons. The van der Waals surface area contributed by atoms with Gasteiger partial charge in [0.1, 0.15) is 18.2 Å². The highest BCUT2D eigenvalue weighted by atomic mass is 16.6. The number of nitrogens with zero attached hydrogens (tertiary/aromatic N) is 2. The number of nitrogens with one attached hydrogen (secondary N) is 1. The molecule has 0 fully saturated rings. The molecular weight excluding hydrogens is 260 g/mol. The molecule has 7 nitrogen and oxygen atoms in total. The molecule has 2 rings (SSSR count). The van der Waals surface area contributed by atoms with Crippen molar-refractivity contribution in [1.82, 2.24) is 4.98 Å². The summed E-state index contributed by atoms with van der Waals surface area (Å²) < 4.78 is 5.64. The minimum absolute atomic E-state index is 0.0422. The van der Waals surface area contributed by atoms with Crippen molar-refractivity contribution in [2.75, 3.05) is 5.43 Å². The fraction of sp³-hybridized carbons (Fsp3) is 0.154. The second kappa shape index (κ2) is 5.98. The van der Waals surface area contributed by atoms with Gasteiger partial charge in [0.2, 0.25) is 0 Å². The van der Waals surface area contributed by atoms with Gasteiger partial charge in [-0.2, -0.15) is 0 Å². The average Bonchev–Trinajstić information content (AvgIpc) is 2.46. The number of non-ortho nitro benzene ring substituents is 1. The zero-order chi connectivity index (χ0) is 14.5. The number of hydrogen-bond acceptors (Lipinski definition) is 6. The lowest BCUT2D eigenvalue weighted by atomic mass is 10.2. The smallest absolute Gasteiger partial charge is 0.269 e. The van der Waals surface area contributed by atoms with Crippen LogP contribution < -0.4 is 16.0 Å². The van der Waals surface area contributed by atoms with Crippen LogP contribution in [0.5, 0.6) is 5.75 Å². The van der Waals surface area contributed by atoms with Crippen LogP contribution in [0.4, 0.5) is 11.5 Å². The number of hydrogen-bond donors (Lipinski definition) is 2. The number of ether oxygens (including phenoxy) is 1. The number of anilines is 1. The second-order valence-corrected chi connectivity index (χ2v) is 4.15. The molecule has 1 aromatic heterocycles. The molecule has 0 atom stereocenters. The monoisotopic (exact) mass is 274 g/mol. The molecule has 0 unspecified atom stereocenters. The summed E-state index contributed by atoms with van der Waals surface area (Å²) in [7, 11) is 0. The van der Waals surface area contributed by atoms with E-state index in [1.165, 1.54) is 12.1 Å². The summed E-state index contributed by atoms with van der Waals surface area (Å²) in [4.78, 5) is 14.3. The number of hydrazine groups is 1. The molecule has 0 saturated heterocycles. The van der Waals surface area contributed by atoms with Crippen LogP contribution in [0.2, 0.25) is 0 Å². The minimum Gasteiger partial charge on any atom is -0.488 e. The number of aryl methyl sites for hydroxylation is 1. The molecule has 0 aliphatic heterocycles. The van der Waals surface area contributed by atoms with E-state index in [1.807, 2.05) is 6.07 Å². The molecule has 104 valence electrons. The largest absolute Gasteiger partial charge is 0.488 e. The molecule has 0 aliphatic carbocycles. The van der Waals surface area contributed by atoms with Crippen LogP contribution in [0.1, 0.15) is 11.1 Å². The van der Waals surface area contributed by atoms with E-state index in [-0.39, 0.29) is 12.3 Å². The van der Waals surface area contributed by atoms with E-state index in [0.717, 1.165) is 5.56 Å². The summed E-state index contributed by atoms with van der Waals surface area (Å²) in [6, 6.07) is 8.08. The van der Waals surface area contributed by atoms with E-state index in [4.69, 9.17) is 10.6 Å². The summed E-state index contributed by atoms with van der Waals surface area (Å²) in [6.45, 7) is 2.03. The number of nitrogen functional groups attached to an aromatic ring is 1. The van der Waals surface area contributed by atoms with Gasteiger partial charge in [-0.25, -0.2) is 10.8 Å². The number of nitro groups is 1. The van der Waals surface area contributed by atoms with Crippen molar-refractivity contribution in [3.8, 4) is 5.75 Å². The van der Waals surface area contributed by atoms with Gasteiger partial charge in [-0.1, -0.05) is 6.07 Å². The summed E-state index contributed by atoms with van der Waals surface area (Å²) in [6.07, 6.45) is 1.62. The Morgan fingerprint density at radius 3 is 2.90 bits per heavy atom. The van der Waals surface area contributed by atoms with Crippen molar-refractivity contribution in [1.29, 1.82) is 0 Å². The van der Waals surface area contributed by atoms with Gasteiger partial charge in [0.25, 0.3) is 5.69 Å². The summed E-state index contributed by atoms with van der Waals surface area (Å²) in [5, 5.41) is 10.7. The Kier molecular flexibility index (Phi) is 4.11. The fourth-order valence-electron chi connectivity index (χ4n) is 1.75. The maximum Gasteiger partial charge on any atom is 0.269 e. The van der Waals surface area contributed by atoms with Crippen LogP contribution in [0.15, 0.2) is 36.5 Å². The first-order valence-electron chi connectivity index (χ1n) is 5.90. The first-order chi connectivity index (χ1) is 9.61. The number of benzene rings is 1. The Morgan fingerprint density at radius 2 is 2.25 bits per heavy atom. The minimum atomic E-state index is -0.436. The van der Waals surface area contributed by atoms with Gasteiger partial charge in [0, 0.05) is 23.9 Å². The molecule has 0 aliphatic rings. The molecule has 0 saturated carbocycles. The van der Waals surface area contributed by atoms with Gasteiger partial charge < -0.3 is 10.2 Å². The number of rotatable bonds is 5. The van der Waals surface area contributed by atoms with Gasteiger partial charge in [-0.15, -0.1) is 0 Å². The number of nitro benzene ring substituents is 1. The molecule has 3 N–H and O–H groups in total. The van der Waals surface area contributed by atoms with Gasteiger partial charge >= 0.3 is 0 Å². The normalized spacial score (nSPS) is 10.1. The topological polar surface area (TPSA) is 103 Å². The molecule has 0 amide bonds. The SMILES string of the molecule is Cc1cc([N+](=O)[O-])ccc1OCc1cccnc1NN. The standard InChI is InChI=1S/C13H14N4O3/c1-9-7-11(17(18)19)4-5-12(9)20-8-10-3-2-6-15-13(10)16-14/h2-7H,8,14H2,1H3,(H,15,16). The maximum atomic E-state index is 10.7. The predicted molar refractivity (Wildman–Crippen MR) is 74.2 cm³/mol. The van der Waals surface area contributed by atoms with Gasteiger partial charge in [-0.05, 0) is 24.6 Å². The van der Waals surface area contributed by atoms with Crippen LogP contribution in [-0.4, -0.2) is 9.91 Å². The van der Waals surface area contributed by atoms with Crippen molar-refractivity contribution < 1.29 is 9.66 Å². The van der Waals surface area contributed by atoms with E-state index in [0.29, 0.717) is 17.1 Å². The van der Waals surface area contributed by atoms with Crippen LogP contribution in [0.25, 0.3) is 0 Å². The lowest BCUT2D eigenvalue weighted by Crippen LogP contribution is -2.12. The van der Waals surface area contributed by atoms with E-state index >= 15 is 0 Å². The quantitative estimate of drug-likeness (QED) is 0.492. The first kappa shape index (κ1) is 13.8. The Bertz CT molecular complexity index is 631. The highest BCUT2D eigenvalue weighted by Gasteiger charge is 2.09. The number of pyridine rings is 1. The number of aromatic nitrogens is 1. The molecule has 0 spiro atoms. The maximum absolute atomic E-state index is 10.7. The van der Waals surface area contributed by atoms with Crippen LogP contribution in [0, 0.1) is 17.0 Å². The first-order valence-corrected chi connectivity index (χ1v) is 5.90. The summed E-state index contributed by atoms with van der Waals surface area (Å²) >= 11 is 0. The van der Waals surface area contributed by atoms with Crippen LogP contribution in [0.3, 0.4) is 0 Å². The predicted octanol–water partition coefficient (Wildman–Crippen LogP) is 2.16. The molecule has 1 aromatic carbocycles. The molecule has 7 heteroatoms. The van der Waals surface area contributed by atoms with Gasteiger partial charge in [0.05, 0.1) is 4.92 Å². The highest BCUT2D eigenvalue weighted by Crippen LogP contribution is 2.24. The van der Waals surface area contributed by atoms with Crippen LogP contribution >= 0.6 is 0 Å². The molecule has 20 heavy (non-hydrogen) atoms. The zero-order valence-electron chi connectivity index (χ0n) is 10.9. The third-order valence-electron chi connectivity index (χ3n) is 2.78. The highest BCUT2D eigenvalue weighted by molar-refractivity contribution is 5.44. The Labute approximate surface area is 115 Å². The van der Waals surface area contributed by atoms with E-state index in [9.17, 15) is 10.1 Å². The summed E-state index contributed by atoms with van der Waals surface area (Å²) in [5.41, 5.74) is 4.03. The van der Waals surface area contributed by atoms with Gasteiger partial charge in [0.15, 0.2) is 0 Å². The lowest BCUT2D eigenvalue weighted by molar-refractivity contribution is -0.384. The van der Waals surface area contributed by atoms with E-state index in [2.05, 4.69) is 10.4 Å². The molecule has 2 aromatic rings. The Hall–Kier alpha value is -2.67. The van der Waals surface area contributed by atoms with Crippen molar-refractivity contribution >= 4 is 11.5 Å². The summed E-state index contributed by atoms with van der Waals surface area (Å²) in [5.74, 6) is 6.48. The third-order valence-corrected chi connectivity index (χ3v) is 2.78. The third kappa shape index (κ3) is 3.01. The van der Waals surface area contributed by atoms with Crippen molar-refractivity contribution in [2.45, 2.75) is 13.5 Å². The van der Waals surface area contributed by atoms with E-state index in [1.54, 1.807) is 25.3 Å². The van der Waals surface area contributed by atoms with Crippen molar-refractivity contribution in [2.24, 2.45) is 5.84 Å². The average molecular weight is 274 g/mol. The van der Waals surface area contributed by atoms with E-state index < -0.39 is 4.92 Å². The fourth-order valence-corrected chi connectivity index (χ4v) is 1.75. The molecule has 1 heterocycles. The zero-order valence-corrected chi connectivity index (χ0v) is 10.9. The Morgan fingerprint density at radius 1 is 1.45 bits per heavy atom. The lowest BCUT2D eigenvalue weighted by Gasteiger charge is -2.11. The molecular formula is C13H14N4O3. The number of nitrogens with two attached hydrogens (primary N) is 1. The van der Waals surface area contributed by atoms with Gasteiger partial charge in [-0.3, -0.25) is 10.1 Å². The molecule has 0 bridgehead atoms. The van der Waals surface area contributed by atoms with Crippen molar-refractivity contribution in [3.05, 3.63) is 57.8 Å². The Balaban J connectivity index is 2.13.